The number of rotatable bonds is 6. The van der Waals surface area contributed by atoms with Crippen molar-refractivity contribution in [2.75, 3.05) is 13.2 Å². The second kappa shape index (κ2) is 8.20. The summed E-state index contributed by atoms with van der Waals surface area (Å²) >= 11 is 0. The number of aryl methyl sites for hydroxylation is 3. The number of fused-ring (bicyclic) bond motifs is 3. The molecule has 1 aromatic heterocycles. The molecule has 3 aromatic rings. The van der Waals surface area contributed by atoms with E-state index in [1.807, 2.05) is 19.9 Å². The Balaban J connectivity index is 1.56. The van der Waals surface area contributed by atoms with Gasteiger partial charge in [-0.3, -0.25) is 4.18 Å². The predicted octanol–water partition coefficient (Wildman–Crippen LogP) is 3.61. The number of hydrogen-bond acceptors (Lipinski definition) is 7. The van der Waals surface area contributed by atoms with Crippen LogP contribution >= 0.6 is 0 Å². The first-order valence-corrected chi connectivity index (χ1v) is 11.4. The molecule has 0 N–H and O–H groups in total. The van der Waals surface area contributed by atoms with Crippen LogP contribution < -0.4 is 9.47 Å². The lowest BCUT2D eigenvalue weighted by molar-refractivity contribution is 0.0569. The molecule has 0 aliphatic carbocycles. The van der Waals surface area contributed by atoms with Gasteiger partial charge in [0.15, 0.2) is 17.6 Å². The summed E-state index contributed by atoms with van der Waals surface area (Å²) in [6, 6.07) is 10.2. The summed E-state index contributed by atoms with van der Waals surface area (Å²) in [6.07, 6.45) is 0.979. The average molecular weight is 429 g/mol. The van der Waals surface area contributed by atoms with Gasteiger partial charge in [-0.1, -0.05) is 31.5 Å². The Morgan fingerprint density at radius 1 is 1.03 bits per heavy atom. The van der Waals surface area contributed by atoms with E-state index in [9.17, 15) is 8.42 Å². The number of ether oxygens (including phenoxy) is 2. The van der Waals surface area contributed by atoms with E-state index in [-0.39, 0.29) is 18.1 Å². The van der Waals surface area contributed by atoms with Crippen molar-refractivity contribution in [1.82, 2.24) is 9.97 Å². The Morgan fingerprint density at radius 2 is 1.73 bits per heavy atom. The molecule has 8 heteroatoms. The lowest BCUT2D eigenvalue weighted by Crippen LogP contribution is -2.34. The fourth-order valence-electron chi connectivity index (χ4n) is 3.35. The van der Waals surface area contributed by atoms with Gasteiger partial charge in [0.05, 0.1) is 21.8 Å². The third-order valence-corrected chi connectivity index (χ3v) is 6.30. The van der Waals surface area contributed by atoms with Crippen LogP contribution in [-0.2, 0) is 27.1 Å². The molecule has 30 heavy (non-hydrogen) atoms. The van der Waals surface area contributed by atoms with E-state index in [1.54, 1.807) is 18.2 Å². The van der Waals surface area contributed by atoms with Gasteiger partial charge in [0.2, 0.25) is 0 Å². The maximum Gasteiger partial charge on any atom is 0.297 e. The van der Waals surface area contributed by atoms with Crippen molar-refractivity contribution in [3.8, 4) is 11.5 Å². The van der Waals surface area contributed by atoms with E-state index in [4.69, 9.17) is 23.6 Å². The molecule has 0 radical (unpaired) electrons. The van der Waals surface area contributed by atoms with Gasteiger partial charge in [0.25, 0.3) is 10.1 Å². The van der Waals surface area contributed by atoms with Crippen LogP contribution in [0, 0.1) is 6.92 Å². The van der Waals surface area contributed by atoms with Crippen molar-refractivity contribution in [3.05, 3.63) is 53.3 Å². The van der Waals surface area contributed by atoms with Crippen LogP contribution in [0.15, 0.2) is 41.3 Å². The molecule has 0 saturated carbocycles. The van der Waals surface area contributed by atoms with E-state index in [1.165, 1.54) is 12.1 Å². The highest BCUT2D eigenvalue weighted by atomic mass is 32.2. The Hall–Kier alpha value is -2.71. The van der Waals surface area contributed by atoms with Crippen molar-refractivity contribution >= 4 is 21.2 Å². The zero-order chi connectivity index (χ0) is 21.3. The van der Waals surface area contributed by atoms with Gasteiger partial charge in [0, 0.05) is 0 Å². The molecule has 0 bridgehead atoms. The lowest BCUT2D eigenvalue weighted by atomic mass is 10.1. The largest absolute Gasteiger partial charge is 0.486 e. The minimum absolute atomic E-state index is 0.112. The van der Waals surface area contributed by atoms with Crippen LogP contribution in [0.4, 0.5) is 0 Å². The fraction of sp³-hybridized carbons (Fsp3) is 0.364. The van der Waals surface area contributed by atoms with Gasteiger partial charge in [-0.05, 0) is 44.0 Å². The second-order valence-corrected chi connectivity index (χ2v) is 8.80. The van der Waals surface area contributed by atoms with Gasteiger partial charge in [0.1, 0.15) is 18.7 Å². The van der Waals surface area contributed by atoms with Crippen LogP contribution in [0.3, 0.4) is 0 Å². The summed E-state index contributed by atoms with van der Waals surface area (Å²) < 4.78 is 42.0. The molecule has 2 aromatic carbocycles. The minimum Gasteiger partial charge on any atom is -0.486 e. The molecule has 0 amide bonds. The fourth-order valence-corrected chi connectivity index (χ4v) is 4.28. The number of hydrogen-bond donors (Lipinski definition) is 0. The first kappa shape index (κ1) is 20.6. The van der Waals surface area contributed by atoms with Crippen molar-refractivity contribution in [2.24, 2.45) is 0 Å². The van der Waals surface area contributed by atoms with Gasteiger partial charge >= 0.3 is 0 Å². The molecule has 0 spiro atoms. The van der Waals surface area contributed by atoms with E-state index in [0.29, 0.717) is 17.0 Å². The summed E-state index contributed by atoms with van der Waals surface area (Å²) in [5, 5.41) is 0. The molecule has 0 saturated heterocycles. The molecule has 1 aliphatic heterocycles. The molecular weight excluding hydrogens is 404 g/mol. The standard InChI is InChI=1S/C22H24N2O5S/c1-4-17-18(5-2)24-21-19(23-17)10-11-20-22(21)29-15(12-27-20)13-28-30(25,26)16-8-6-14(3)7-9-16/h6-11,15H,4-5,12-13H2,1-3H3. The van der Waals surface area contributed by atoms with E-state index < -0.39 is 16.2 Å². The molecule has 0 fully saturated rings. The summed E-state index contributed by atoms with van der Waals surface area (Å²) in [6.45, 7) is 6.00. The first-order chi connectivity index (χ1) is 14.4. The number of benzene rings is 2. The van der Waals surface area contributed by atoms with Crippen LogP contribution in [0.5, 0.6) is 11.5 Å². The van der Waals surface area contributed by atoms with Crippen LogP contribution in [0.2, 0.25) is 0 Å². The Morgan fingerprint density at radius 3 is 2.43 bits per heavy atom. The number of nitrogens with zero attached hydrogens (tertiary/aromatic N) is 2. The molecule has 1 atom stereocenters. The minimum atomic E-state index is -3.88. The van der Waals surface area contributed by atoms with Gasteiger partial charge in [-0.2, -0.15) is 8.42 Å². The smallest absolute Gasteiger partial charge is 0.297 e. The third kappa shape index (κ3) is 3.97. The SMILES string of the molecule is CCc1nc2ccc3c(c2nc1CC)OC(COS(=O)(=O)c1ccc(C)cc1)CO3. The maximum absolute atomic E-state index is 12.5. The van der Waals surface area contributed by atoms with Crippen molar-refractivity contribution < 1.29 is 22.1 Å². The molecule has 2 heterocycles. The molecule has 1 unspecified atom stereocenters. The monoisotopic (exact) mass is 428 g/mol. The number of aromatic nitrogens is 2. The topological polar surface area (TPSA) is 87.6 Å². The average Bonchev–Trinajstić information content (AvgIpc) is 2.76. The Bertz CT molecular complexity index is 1180. The second-order valence-electron chi connectivity index (χ2n) is 7.19. The van der Waals surface area contributed by atoms with Crippen LogP contribution in [-0.4, -0.2) is 37.7 Å². The zero-order valence-electron chi connectivity index (χ0n) is 17.2. The molecular formula is C22H24N2O5S. The normalized spacial score (nSPS) is 16.0. The summed E-state index contributed by atoms with van der Waals surface area (Å²) in [5.74, 6) is 1.05. The van der Waals surface area contributed by atoms with E-state index >= 15 is 0 Å². The summed E-state index contributed by atoms with van der Waals surface area (Å²) in [5.41, 5.74) is 4.20. The van der Waals surface area contributed by atoms with Gasteiger partial charge < -0.3 is 9.47 Å². The van der Waals surface area contributed by atoms with Crippen LogP contribution in [0.25, 0.3) is 11.0 Å². The van der Waals surface area contributed by atoms with Crippen LogP contribution in [0.1, 0.15) is 30.8 Å². The summed E-state index contributed by atoms with van der Waals surface area (Å²) in [7, 11) is -3.88. The molecule has 1 aliphatic rings. The Kier molecular flexibility index (Phi) is 5.62. The van der Waals surface area contributed by atoms with Crippen molar-refractivity contribution in [1.29, 1.82) is 0 Å². The van der Waals surface area contributed by atoms with Crippen molar-refractivity contribution in [3.63, 3.8) is 0 Å². The first-order valence-electron chi connectivity index (χ1n) is 9.99. The highest BCUT2D eigenvalue weighted by Gasteiger charge is 2.27. The third-order valence-electron chi connectivity index (χ3n) is 5.01. The van der Waals surface area contributed by atoms with Gasteiger partial charge in [-0.25, -0.2) is 9.97 Å². The molecule has 4 rings (SSSR count). The maximum atomic E-state index is 12.5. The lowest BCUT2D eigenvalue weighted by Gasteiger charge is -2.27. The quantitative estimate of drug-likeness (QED) is 0.554. The van der Waals surface area contributed by atoms with E-state index in [0.717, 1.165) is 35.3 Å². The highest BCUT2D eigenvalue weighted by molar-refractivity contribution is 7.86. The predicted molar refractivity (Wildman–Crippen MR) is 113 cm³/mol. The van der Waals surface area contributed by atoms with E-state index in [2.05, 4.69) is 6.92 Å². The highest BCUT2D eigenvalue weighted by Crippen LogP contribution is 2.38. The summed E-state index contributed by atoms with van der Waals surface area (Å²) in [4.78, 5) is 9.57. The van der Waals surface area contributed by atoms with Gasteiger partial charge in [-0.15, -0.1) is 0 Å². The van der Waals surface area contributed by atoms with Crippen molar-refractivity contribution in [2.45, 2.75) is 44.6 Å². The molecule has 158 valence electrons. The molecule has 7 nitrogen and oxygen atoms in total. The zero-order valence-corrected chi connectivity index (χ0v) is 18.0. The Labute approximate surface area is 176 Å².